The van der Waals surface area contributed by atoms with Crippen molar-refractivity contribution in [3.05, 3.63) is 89.5 Å². The summed E-state index contributed by atoms with van der Waals surface area (Å²) in [5.41, 5.74) is 2.19. The van der Waals surface area contributed by atoms with Crippen LogP contribution in [0.25, 0.3) is 0 Å². The van der Waals surface area contributed by atoms with Gasteiger partial charge < -0.3 is 25.6 Å². The van der Waals surface area contributed by atoms with Crippen LogP contribution in [0.5, 0.6) is 0 Å². The van der Waals surface area contributed by atoms with E-state index in [1.165, 1.54) is 19.1 Å². The van der Waals surface area contributed by atoms with E-state index in [1.807, 2.05) is 30.3 Å². The smallest absolute Gasteiger partial charge is 0.408 e. The molecule has 0 aromatic heterocycles. The number of ether oxygens (including phenoxy) is 1. The quantitative estimate of drug-likeness (QED) is 0.352. The summed E-state index contributed by atoms with van der Waals surface area (Å²) in [6.07, 6.45) is -0.264. The van der Waals surface area contributed by atoms with E-state index in [0.717, 1.165) is 9.87 Å². The van der Waals surface area contributed by atoms with Crippen molar-refractivity contribution in [3.8, 4) is 0 Å². The molecule has 0 spiro atoms. The summed E-state index contributed by atoms with van der Waals surface area (Å²) < 4.78 is 32.9. The molecule has 0 bridgehead atoms. The van der Waals surface area contributed by atoms with Crippen LogP contribution in [0.2, 0.25) is 0 Å². The molecule has 5 rings (SSSR count). The summed E-state index contributed by atoms with van der Waals surface area (Å²) in [5, 5.41) is 7.91. The lowest BCUT2D eigenvalue weighted by atomic mass is 10.1. The minimum atomic E-state index is -4.12. The Balaban J connectivity index is 1.23. The molecule has 3 aromatic carbocycles. The van der Waals surface area contributed by atoms with E-state index in [2.05, 4.69) is 16.0 Å². The Labute approximate surface area is 261 Å². The number of rotatable bonds is 7. The summed E-state index contributed by atoms with van der Waals surface area (Å²) in [5.74, 6) is -0.743. The van der Waals surface area contributed by atoms with E-state index in [1.54, 1.807) is 56.0 Å². The number of carbonyl (C=O) groups excluding carboxylic acids is 4. The van der Waals surface area contributed by atoms with E-state index >= 15 is 0 Å². The maximum atomic E-state index is 13.4. The summed E-state index contributed by atoms with van der Waals surface area (Å²) >= 11 is 0. The molecule has 3 N–H and O–H groups in total. The van der Waals surface area contributed by atoms with E-state index in [4.69, 9.17) is 4.74 Å². The maximum absolute atomic E-state index is 13.4. The SMILES string of the molecule is CC(NC(=O)OC(C)(C)C)C(=O)Nc1ccc(C(=O)N2CCc3cc(S(=O)(=O)N4CC(c5ccccc5)NC4=O)ccc32)cc1. The van der Waals surface area contributed by atoms with Crippen LogP contribution in [-0.2, 0) is 26.0 Å². The summed E-state index contributed by atoms with van der Waals surface area (Å²) in [4.78, 5) is 52.1. The fourth-order valence-corrected chi connectivity index (χ4v) is 6.53. The third-order valence-corrected chi connectivity index (χ3v) is 9.12. The molecule has 2 atom stereocenters. The molecular weight excluding hydrogens is 598 g/mol. The predicted octanol–water partition coefficient (Wildman–Crippen LogP) is 4.20. The van der Waals surface area contributed by atoms with Crippen LogP contribution in [0.15, 0.2) is 77.7 Å². The van der Waals surface area contributed by atoms with Gasteiger partial charge in [0.25, 0.3) is 15.9 Å². The molecule has 12 nitrogen and oxygen atoms in total. The average molecular weight is 634 g/mol. The summed E-state index contributed by atoms with van der Waals surface area (Å²) in [7, 11) is -4.12. The molecule has 2 heterocycles. The van der Waals surface area contributed by atoms with Gasteiger partial charge in [0.2, 0.25) is 5.91 Å². The molecule has 2 aliphatic heterocycles. The summed E-state index contributed by atoms with van der Waals surface area (Å²) in [6.45, 7) is 7.02. The van der Waals surface area contributed by atoms with Crippen LogP contribution < -0.4 is 20.9 Å². The molecule has 0 aliphatic carbocycles. The third kappa shape index (κ3) is 6.93. The van der Waals surface area contributed by atoms with Crippen LogP contribution in [0.4, 0.5) is 21.0 Å². The number of nitrogens with one attached hydrogen (secondary N) is 3. The number of carbonyl (C=O) groups is 4. The second-order valence-corrected chi connectivity index (χ2v) is 13.7. The maximum Gasteiger partial charge on any atom is 0.408 e. The Morgan fingerprint density at radius 2 is 1.69 bits per heavy atom. The number of benzene rings is 3. The van der Waals surface area contributed by atoms with Gasteiger partial charge in [-0.05, 0) is 87.7 Å². The van der Waals surface area contributed by atoms with Crippen molar-refractivity contribution in [3.63, 3.8) is 0 Å². The lowest BCUT2D eigenvalue weighted by Gasteiger charge is -2.21. The Morgan fingerprint density at radius 3 is 2.36 bits per heavy atom. The first-order chi connectivity index (χ1) is 21.2. The minimum absolute atomic E-state index is 0.0186. The van der Waals surface area contributed by atoms with Crippen molar-refractivity contribution in [2.75, 3.05) is 23.3 Å². The molecule has 2 aliphatic rings. The standard InChI is InChI=1S/C32H35N5O7S/c1-20(33-31(41)44-32(2,3)4)28(38)34-24-12-10-22(11-13-24)29(39)36-17-16-23-18-25(14-15-27(23)36)45(42,43)37-19-26(35-30(37)40)21-8-6-5-7-9-21/h5-15,18,20,26H,16-17,19H2,1-4H3,(H,33,41)(H,34,38)(H,35,40). The molecule has 2 unspecified atom stereocenters. The highest BCUT2D eigenvalue weighted by atomic mass is 32.2. The van der Waals surface area contributed by atoms with Gasteiger partial charge in [-0.1, -0.05) is 30.3 Å². The first-order valence-electron chi connectivity index (χ1n) is 14.5. The highest BCUT2D eigenvalue weighted by molar-refractivity contribution is 7.89. The van der Waals surface area contributed by atoms with E-state index < -0.39 is 45.7 Å². The van der Waals surface area contributed by atoms with Crippen LogP contribution in [0, 0.1) is 0 Å². The van der Waals surface area contributed by atoms with Gasteiger partial charge in [0.05, 0.1) is 17.5 Å². The summed E-state index contributed by atoms with van der Waals surface area (Å²) in [6, 6.07) is 18.0. The monoisotopic (exact) mass is 633 g/mol. The zero-order chi connectivity index (χ0) is 32.5. The normalized spacial score (nSPS) is 16.9. The first-order valence-corrected chi connectivity index (χ1v) is 15.9. The Morgan fingerprint density at radius 1 is 1.00 bits per heavy atom. The van der Waals surface area contributed by atoms with E-state index in [0.29, 0.717) is 35.5 Å². The average Bonchev–Trinajstić information content (AvgIpc) is 3.60. The number of hydrogen-bond donors (Lipinski definition) is 3. The molecule has 0 radical (unpaired) electrons. The zero-order valence-corrected chi connectivity index (χ0v) is 26.2. The Bertz CT molecular complexity index is 1740. The molecular formula is C32H35N5O7S. The number of sulfonamides is 1. The second kappa shape index (κ2) is 12.2. The first kappa shape index (κ1) is 31.5. The number of alkyl carbamates (subject to hydrolysis) is 1. The van der Waals surface area contributed by atoms with Crippen molar-refractivity contribution in [1.29, 1.82) is 0 Å². The van der Waals surface area contributed by atoms with E-state index in [-0.39, 0.29) is 17.3 Å². The number of urea groups is 1. The molecule has 0 saturated carbocycles. The molecule has 236 valence electrons. The number of amides is 5. The minimum Gasteiger partial charge on any atom is -0.444 e. The van der Waals surface area contributed by atoms with Gasteiger partial charge >= 0.3 is 12.1 Å². The van der Waals surface area contributed by atoms with Crippen molar-refractivity contribution >= 4 is 45.3 Å². The van der Waals surface area contributed by atoms with Crippen molar-refractivity contribution in [2.24, 2.45) is 0 Å². The predicted molar refractivity (Wildman–Crippen MR) is 167 cm³/mol. The Kier molecular flexibility index (Phi) is 8.57. The van der Waals surface area contributed by atoms with E-state index in [9.17, 15) is 27.6 Å². The molecule has 13 heteroatoms. The third-order valence-electron chi connectivity index (χ3n) is 7.38. The highest BCUT2D eigenvalue weighted by Gasteiger charge is 2.39. The van der Waals surface area contributed by atoms with Crippen molar-refractivity contribution in [2.45, 2.75) is 56.7 Å². The van der Waals surface area contributed by atoms with Gasteiger partial charge in [-0.25, -0.2) is 22.3 Å². The number of anilines is 2. The van der Waals surface area contributed by atoms with Crippen LogP contribution in [-0.4, -0.2) is 61.4 Å². The lowest BCUT2D eigenvalue weighted by Crippen LogP contribution is -2.43. The fraction of sp³-hybridized carbons (Fsp3) is 0.312. The molecule has 45 heavy (non-hydrogen) atoms. The van der Waals surface area contributed by atoms with Gasteiger partial charge in [-0.3, -0.25) is 9.59 Å². The number of hydrogen-bond acceptors (Lipinski definition) is 7. The highest BCUT2D eigenvalue weighted by Crippen LogP contribution is 2.34. The largest absolute Gasteiger partial charge is 0.444 e. The van der Waals surface area contributed by atoms with Gasteiger partial charge in [0.15, 0.2) is 0 Å². The van der Waals surface area contributed by atoms with Crippen LogP contribution in [0.3, 0.4) is 0 Å². The van der Waals surface area contributed by atoms with Gasteiger partial charge in [-0.2, -0.15) is 0 Å². The number of fused-ring (bicyclic) bond motifs is 1. The molecule has 3 aromatic rings. The zero-order valence-electron chi connectivity index (χ0n) is 25.4. The van der Waals surface area contributed by atoms with Crippen LogP contribution >= 0.6 is 0 Å². The Hall–Kier alpha value is -4.91. The van der Waals surface area contributed by atoms with Crippen molar-refractivity contribution < 1.29 is 32.3 Å². The number of nitrogens with zero attached hydrogens (tertiary/aromatic N) is 2. The molecule has 1 fully saturated rings. The van der Waals surface area contributed by atoms with Gasteiger partial charge in [0, 0.05) is 23.5 Å². The molecule has 5 amide bonds. The fourth-order valence-electron chi connectivity index (χ4n) is 5.13. The van der Waals surface area contributed by atoms with Gasteiger partial charge in [0.1, 0.15) is 11.6 Å². The second-order valence-electron chi connectivity index (χ2n) is 11.9. The van der Waals surface area contributed by atoms with Crippen LogP contribution in [0.1, 0.15) is 55.2 Å². The van der Waals surface area contributed by atoms with Crippen molar-refractivity contribution in [1.82, 2.24) is 14.9 Å². The lowest BCUT2D eigenvalue weighted by molar-refractivity contribution is -0.117. The topological polar surface area (TPSA) is 154 Å². The molecule has 1 saturated heterocycles. The van der Waals surface area contributed by atoms with Gasteiger partial charge in [-0.15, -0.1) is 0 Å².